The molecule has 1 fully saturated rings. The minimum atomic E-state index is -1.38. The summed E-state index contributed by atoms with van der Waals surface area (Å²) in [6.45, 7) is -0.407. The van der Waals surface area contributed by atoms with Crippen molar-refractivity contribution < 1.29 is 25.2 Å². The van der Waals surface area contributed by atoms with Gasteiger partial charge in [-0.2, -0.15) is 0 Å². The van der Waals surface area contributed by atoms with E-state index in [9.17, 15) is 4.79 Å². The summed E-state index contributed by atoms with van der Waals surface area (Å²) >= 11 is 0. The smallest absolute Gasteiger partial charge is 0.194 e. The number of rotatable bonds is 1. The molecule has 0 aromatic heterocycles. The fourth-order valence-corrected chi connectivity index (χ4v) is 1.91. The van der Waals surface area contributed by atoms with Crippen LogP contribution in [-0.4, -0.2) is 66.6 Å². The van der Waals surface area contributed by atoms with Gasteiger partial charge in [0.05, 0.1) is 12.9 Å². The van der Waals surface area contributed by atoms with Crippen LogP contribution in [0.3, 0.4) is 0 Å². The monoisotopic (exact) mass is 312 g/mol. The van der Waals surface area contributed by atoms with Gasteiger partial charge in [-0.1, -0.05) is 0 Å². The van der Waals surface area contributed by atoms with E-state index < -0.39 is 31.2 Å². The average Bonchev–Trinajstić information content (AvgIpc) is 2.75. The first-order valence-electron chi connectivity index (χ1n) is 6.34. The van der Waals surface area contributed by atoms with E-state index in [4.69, 9.17) is 26.2 Å². The van der Waals surface area contributed by atoms with Gasteiger partial charge in [-0.05, 0) is 0 Å². The van der Waals surface area contributed by atoms with Crippen LogP contribution in [0.25, 0.3) is 11.4 Å². The van der Waals surface area contributed by atoms with E-state index in [1.807, 2.05) is 0 Å². The molecule has 1 unspecified atom stereocenters. The lowest BCUT2D eigenvalue weighted by Crippen LogP contribution is -2.33. The van der Waals surface area contributed by atoms with Crippen molar-refractivity contribution in [3.05, 3.63) is 28.8 Å². The molecule has 3 aliphatic rings. The molecule has 0 aliphatic carbocycles. The predicted octanol–water partition coefficient (Wildman–Crippen LogP) is -2.73. The van der Waals surface area contributed by atoms with Crippen LogP contribution in [0.2, 0.25) is 0 Å². The van der Waals surface area contributed by atoms with Crippen LogP contribution in [0.1, 0.15) is 0 Å². The second-order valence-corrected chi connectivity index (χ2v) is 4.55. The van der Waals surface area contributed by atoms with Crippen LogP contribution in [0.4, 0.5) is 5.82 Å². The lowest BCUT2D eigenvalue weighted by molar-refractivity contribution is -0.132. The molecule has 0 amide bonds. The molecule has 0 radical (unpaired) electrons. The molecule has 22 heavy (non-hydrogen) atoms. The summed E-state index contributed by atoms with van der Waals surface area (Å²) in [5.41, 5.74) is 5.67. The number of pyridine rings is 1. The number of hydrogen-bond donors (Lipinski definition) is 6. The van der Waals surface area contributed by atoms with Gasteiger partial charge in [0.25, 0.3) is 0 Å². The quantitative estimate of drug-likeness (QED) is 0.326. The number of aliphatic hydroxyl groups excluding tert-OH is 4. The van der Waals surface area contributed by atoms with Crippen molar-refractivity contribution in [3.63, 3.8) is 0 Å². The van der Waals surface area contributed by atoms with Crippen molar-refractivity contribution in [1.82, 2.24) is 15.0 Å². The average molecular weight is 312 g/mol. The Labute approximate surface area is 124 Å². The second kappa shape index (κ2) is 6.77. The summed E-state index contributed by atoms with van der Waals surface area (Å²) in [5, 5.41) is 35.0. The van der Waals surface area contributed by atoms with Crippen LogP contribution in [0.15, 0.2) is 23.4 Å². The van der Waals surface area contributed by atoms with Crippen LogP contribution >= 0.6 is 0 Å². The number of fused-ring (bicyclic) bond motifs is 1. The van der Waals surface area contributed by atoms with E-state index in [1.165, 1.54) is 18.6 Å². The SMILES string of the molecule is Nc1nc[nH]c2nccc(=O)c1-2.OC[C@H]1OC(O)[C@H](O)[C@@H]1O. The lowest BCUT2D eigenvalue weighted by atomic mass is 10.1. The first-order valence-corrected chi connectivity index (χ1v) is 6.34. The summed E-state index contributed by atoms with van der Waals surface area (Å²) in [4.78, 5) is 21.6. The number of nitrogens with zero attached hydrogens (tertiary/aromatic N) is 2. The van der Waals surface area contributed by atoms with Gasteiger partial charge in [-0.25, -0.2) is 9.97 Å². The number of nitrogens with one attached hydrogen (secondary N) is 1. The number of anilines is 1. The molecule has 10 nitrogen and oxygen atoms in total. The minimum Gasteiger partial charge on any atom is -0.394 e. The highest BCUT2D eigenvalue weighted by atomic mass is 16.6. The number of H-pyrrole nitrogens is 1. The van der Waals surface area contributed by atoms with E-state index >= 15 is 0 Å². The van der Waals surface area contributed by atoms with E-state index in [0.717, 1.165) is 0 Å². The number of aromatic nitrogens is 3. The highest BCUT2D eigenvalue weighted by Crippen LogP contribution is 2.18. The zero-order valence-electron chi connectivity index (χ0n) is 11.3. The molecule has 10 heteroatoms. The van der Waals surface area contributed by atoms with E-state index in [2.05, 4.69) is 19.7 Å². The van der Waals surface area contributed by atoms with Crippen LogP contribution in [0.5, 0.6) is 0 Å². The van der Waals surface area contributed by atoms with Crippen LogP contribution in [-0.2, 0) is 4.74 Å². The summed E-state index contributed by atoms with van der Waals surface area (Å²) < 4.78 is 4.54. The number of hydrogen-bond acceptors (Lipinski definition) is 9. The molecule has 4 atom stereocenters. The first-order chi connectivity index (χ1) is 10.5. The Morgan fingerprint density at radius 2 is 2.00 bits per heavy atom. The van der Waals surface area contributed by atoms with Gasteiger partial charge in [-0.3, -0.25) is 4.79 Å². The van der Waals surface area contributed by atoms with Gasteiger partial charge in [0.2, 0.25) is 0 Å². The number of aliphatic hydroxyl groups is 4. The molecule has 3 heterocycles. The third-order valence-corrected chi connectivity index (χ3v) is 3.09. The Bertz CT molecular complexity index is 650. The number of nitrogen functional groups attached to an aromatic ring is 1. The highest BCUT2D eigenvalue weighted by molar-refractivity contribution is 5.67. The molecular formula is C12H16N4O6. The molecule has 3 rings (SSSR count). The molecule has 0 spiro atoms. The number of aromatic amines is 1. The molecule has 3 aliphatic heterocycles. The molecular weight excluding hydrogens is 296 g/mol. The fourth-order valence-electron chi connectivity index (χ4n) is 1.91. The van der Waals surface area contributed by atoms with Gasteiger partial charge < -0.3 is 35.9 Å². The van der Waals surface area contributed by atoms with Gasteiger partial charge in [-0.15, -0.1) is 0 Å². The molecule has 0 aromatic carbocycles. The summed E-state index contributed by atoms with van der Waals surface area (Å²) in [5.74, 6) is 0.678. The van der Waals surface area contributed by atoms with E-state index in [1.54, 1.807) is 0 Å². The Kier molecular flexibility index (Phi) is 5.00. The molecule has 0 bridgehead atoms. The van der Waals surface area contributed by atoms with Crippen LogP contribution < -0.4 is 11.2 Å². The predicted molar refractivity (Wildman–Crippen MR) is 73.7 cm³/mol. The van der Waals surface area contributed by atoms with Gasteiger partial charge in [0.1, 0.15) is 35.5 Å². The molecule has 0 saturated carbocycles. The van der Waals surface area contributed by atoms with E-state index in [0.29, 0.717) is 11.4 Å². The summed E-state index contributed by atoms with van der Waals surface area (Å²) in [6, 6.07) is 1.36. The number of nitrogens with two attached hydrogens (primary N) is 1. The molecule has 120 valence electrons. The summed E-state index contributed by atoms with van der Waals surface area (Å²) in [7, 11) is 0. The van der Waals surface area contributed by atoms with Crippen molar-refractivity contribution >= 4 is 5.82 Å². The van der Waals surface area contributed by atoms with Crippen molar-refractivity contribution in [2.45, 2.75) is 24.6 Å². The Morgan fingerprint density at radius 1 is 1.27 bits per heavy atom. The lowest BCUT2D eigenvalue weighted by Gasteiger charge is -2.09. The maximum Gasteiger partial charge on any atom is 0.194 e. The third-order valence-electron chi connectivity index (χ3n) is 3.09. The first kappa shape index (κ1) is 16.3. The molecule has 0 aromatic rings. The Hall–Kier alpha value is -2.11. The van der Waals surface area contributed by atoms with Crippen molar-refractivity contribution in [1.29, 1.82) is 0 Å². The number of ether oxygens (including phenoxy) is 1. The zero-order valence-corrected chi connectivity index (χ0v) is 11.3. The van der Waals surface area contributed by atoms with Gasteiger partial charge >= 0.3 is 0 Å². The van der Waals surface area contributed by atoms with Gasteiger partial charge in [0, 0.05) is 12.3 Å². The van der Waals surface area contributed by atoms with Crippen molar-refractivity contribution in [2.75, 3.05) is 12.3 Å². The topological polar surface area (TPSA) is 175 Å². The molecule has 7 N–H and O–H groups in total. The minimum absolute atomic E-state index is 0.165. The largest absolute Gasteiger partial charge is 0.394 e. The standard InChI is InChI=1S/C7H6N4O.C5H10O5/c8-6-5-4(12)1-2-9-7(5)11-3-10-6;6-1-2-3(7)4(8)5(9)10-2/h1-3H,(H3,8,9,10,11,12);2-9H,1H2/t;2-,3-,4-,5?/m.1/s1. The molecule has 1 saturated heterocycles. The fraction of sp³-hybridized carbons (Fsp3) is 0.417. The second-order valence-electron chi connectivity index (χ2n) is 4.55. The zero-order chi connectivity index (χ0) is 16.3. The van der Waals surface area contributed by atoms with Gasteiger partial charge in [0.15, 0.2) is 11.7 Å². The van der Waals surface area contributed by atoms with E-state index in [-0.39, 0.29) is 11.2 Å². The third kappa shape index (κ3) is 3.21. The van der Waals surface area contributed by atoms with Crippen LogP contribution in [0, 0.1) is 0 Å². The maximum absolute atomic E-state index is 11.2. The van der Waals surface area contributed by atoms with Crippen molar-refractivity contribution in [3.8, 4) is 11.4 Å². The summed E-state index contributed by atoms with van der Waals surface area (Å²) in [6.07, 6.45) is -1.92. The normalized spacial score (nSPS) is 27.5. The Morgan fingerprint density at radius 3 is 2.50 bits per heavy atom. The van der Waals surface area contributed by atoms with Crippen molar-refractivity contribution in [2.24, 2.45) is 0 Å². The maximum atomic E-state index is 11.2. The Balaban J connectivity index is 0.000000164. The highest BCUT2D eigenvalue weighted by Gasteiger charge is 2.41.